The molecule has 1 fully saturated rings. The highest BCUT2D eigenvalue weighted by molar-refractivity contribution is 5.85. The van der Waals surface area contributed by atoms with Crippen molar-refractivity contribution in [2.75, 3.05) is 6.61 Å². The number of aliphatic hydroxyl groups is 1. The zero-order chi connectivity index (χ0) is 14.3. The van der Waals surface area contributed by atoms with Crippen LogP contribution in [-0.4, -0.2) is 23.8 Å². The molecule has 20 heavy (non-hydrogen) atoms. The lowest BCUT2D eigenvalue weighted by atomic mass is 9.95. The van der Waals surface area contributed by atoms with Crippen molar-refractivity contribution < 1.29 is 23.0 Å². The van der Waals surface area contributed by atoms with Crippen LogP contribution in [0.2, 0.25) is 0 Å². The van der Waals surface area contributed by atoms with E-state index in [-0.39, 0.29) is 30.6 Å². The predicted octanol–water partition coefficient (Wildman–Crippen LogP) is 2.67. The molecule has 0 bridgehead atoms. The Balaban J connectivity index is 0.00000200. The smallest absolute Gasteiger partial charge is 0.361 e. The van der Waals surface area contributed by atoms with Crippen LogP contribution in [0.5, 0.6) is 0 Å². The second-order valence-electron chi connectivity index (χ2n) is 4.88. The van der Waals surface area contributed by atoms with E-state index in [1.54, 1.807) is 6.92 Å². The Hall–Kier alpha value is -0.820. The molecule has 1 aliphatic heterocycles. The lowest BCUT2D eigenvalue weighted by Crippen LogP contribution is -2.58. The van der Waals surface area contributed by atoms with Gasteiger partial charge in [0.25, 0.3) is 0 Å². The highest BCUT2D eigenvalue weighted by Crippen LogP contribution is 2.35. The number of hydrogen-bond donors (Lipinski definition) is 2. The number of rotatable bonds is 1. The monoisotopic (exact) mass is 311 g/mol. The van der Waals surface area contributed by atoms with Crippen molar-refractivity contribution >= 4 is 12.4 Å². The fraction of sp³-hybridized carbons (Fsp3) is 0.538. The zero-order valence-corrected chi connectivity index (χ0v) is 11.9. The molecular formula is C13H17ClF3NO2. The first kappa shape index (κ1) is 17.2. The van der Waals surface area contributed by atoms with Crippen molar-refractivity contribution in [1.29, 1.82) is 0 Å². The van der Waals surface area contributed by atoms with Crippen LogP contribution in [0.4, 0.5) is 13.2 Å². The maximum absolute atomic E-state index is 12.7. The van der Waals surface area contributed by atoms with E-state index in [0.717, 1.165) is 12.1 Å². The average molecular weight is 312 g/mol. The molecule has 0 amide bonds. The summed E-state index contributed by atoms with van der Waals surface area (Å²) in [5.74, 6) is -1.74. The fourth-order valence-electron chi connectivity index (χ4n) is 2.22. The topological polar surface area (TPSA) is 41.5 Å². The van der Waals surface area contributed by atoms with Gasteiger partial charge in [-0.15, -0.1) is 12.4 Å². The Morgan fingerprint density at radius 2 is 2.00 bits per heavy atom. The highest BCUT2D eigenvalue weighted by Gasteiger charge is 2.42. The molecule has 3 nitrogen and oxygen atoms in total. The van der Waals surface area contributed by atoms with Crippen LogP contribution >= 0.6 is 12.4 Å². The Morgan fingerprint density at radius 1 is 1.35 bits per heavy atom. The van der Waals surface area contributed by atoms with Gasteiger partial charge in [-0.3, -0.25) is 0 Å². The van der Waals surface area contributed by atoms with E-state index in [1.807, 2.05) is 6.92 Å². The third kappa shape index (κ3) is 3.25. The quantitative estimate of drug-likeness (QED) is 0.838. The summed E-state index contributed by atoms with van der Waals surface area (Å²) in [6.07, 6.45) is -4.44. The molecule has 0 aliphatic carbocycles. The second kappa shape index (κ2) is 5.89. The lowest BCUT2D eigenvalue weighted by molar-refractivity contribution is -0.253. The van der Waals surface area contributed by atoms with Crippen molar-refractivity contribution in [3.8, 4) is 0 Å². The molecule has 7 heteroatoms. The summed E-state index contributed by atoms with van der Waals surface area (Å²) < 4.78 is 43.4. The number of nitrogens with one attached hydrogen (secondary N) is 1. The summed E-state index contributed by atoms with van der Waals surface area (Å²) in [4.78, 5) is 0. The Morgan fingerprint density at radius 3 is 2.55 bits per heavy atom. The number of halogens is 4. The van der Waals surface area contributed by atoms with Crippen LogP contribution in [0.15, 0.2) is 24.3 Å². The molecule has 1 aromatic rings. The molecule has 2 rings (SSSR count). The maximum atomic E-state index is 12.7. The SMILES string of the molecule is C[C@@H]1CO[C@@](O)(c2cccc(C(F)(F)F)c2)[C@H](C)N1.Cl. The predicted molar refractivity (Wildman–Crippen MR) is 70.6 cm³/mol. The number of morpholine rings is 1. The Labute approximate surface area is 121 Å². The van der Waals surface area contributed by atoms with Crippen LogP contribution in [0.25, 0.3) is 0 Å². The van der Waals surface area contributed by atoms with E-state index < -0.39 is 23.6 Å². The maximum Gasteiger partial charge on any atom is 0.416 e. The fourth-order valence-corrected chi connectivity index (χ4v) is 2.22. The molecule has 0 spiro atoms. The van der Waals surface area contributed by atoms with Crippen molar-refractivity contribution in [3.63, 3.8) is 0 Å². The van der Waals surface area contributed by atoms with Crippen molar-refractivity contribution in [2.24, 2.45) is 0 Å². The summed E-state index contributed by atoms with van der Waals surface area (Å²) in [5.41, 5.74) is -0.693. The number of alkyl halides is 3. The molecule has 0 radical (unpaired) electrons. The normalized spacial score (nSPS) is 30.7. The first-order chi connectivity index (χ1) is 8.73. The van der Waals surface area contributed by atoms with Gasteiger partial charge in [-0.05, 0) is 26.0 Å². The molecule has 1 saturated heterocycles. The van der Waals surface area contributed by atoms with Gasteiger partial charge < -0.3 is 15.2 Å². The molecule has 2 N–H and O–H groups in total. The van der Waals surface area contributed by atoms with E-state index in [1.165, 1.54) is 12.1 Å². The molecule has 1 aliphatic rings. The minimum Gasteiger partial charge on any atom is -0.361 e. The molecule has 3 atom stereocenters. The summed E-state index contributed by atoms with van der Waals surface area (Å²) in [5, 5.41) is 13.5. The van der Waals surface area contributed by atoms with E-state index in [0.29, 0.717) is 0 Å². The summed E-state index contributed by atoms with van der Waals surface area (Å²) in [7, 11) is 0. The lowest BCUT2D eigenvalue weighted by Gasteiger charge is -2.41. The van der Waals surface area contributed by atoms with Crippen molar-refractivity contribution in [2.45, 2.75) is 37.9 Å². The summed E-state index contributed by atoms with van der Waals surface area (Å²) >= 11 is 0. The molecule has 114 valence electrons. The second-order valence-corrected chi connectivity index (χ2v) is 4.88. The van der Waals surface area contributed by atoms with Crippen molar-refractivity contribution in [3.05, 3.63) is 35.4 Å². The standard InChI is InChI=1S/C13H16F3NO2.ClH/c1-8-7-19-12(18,9(2)17-8)10-4-3-5-11(6-10)13(14,15)16;/h3-6,8-9,17-18H,7H2,1-2H3;1H/t8-,9+,12-;/m1./s1. The Bertz CT molecular complexity index is 469. The molecular weight excluding hydrogens is 295 g/mol. The van der Waals surface area contributed by atoms with Crippen LogP contribution in [0.1, 0.15) is 25.0 Å². The first-order valence-corrected chi connectivity index (χ1v) is 6.03. The molecule has 0 saturated carbocycles. The molecule has 0 aromatic heterocycles. The third-order valence-electron chi connectivity index (χ3n) is 3.28. The van der Waals surface area contributed by atoms with E-state index in [4.69, 9.17) is 4.74 Å². The first-order valence-electron chi connectivity index (χ1n) is 6.03. The van der Waals surface area contributed by atoms with E-state index in [9.17, 15) is 18.3 Å². The van der Waals surface area contributed by atoms with E-state index >= 15 is 0 Å². The minimum atomic E-state index is -4.44. The minimum absolute atomic E-state index is 0. The van der Waals surface area contributed by atoms with Gasteiger partial charge in [-0.1, -0.05) is 12.1 Å². The van der Waals surface area contributed by atoms with Crippen LogP contribution in [0, 0.1) is 0 Å². The molecule has 0 unspecified atom stereocenters. The van der Waals surface area contributed by atoms with Gasteiger partial charge >= 0.3 is 6.18 Å². The van der Waals surface area contributed by atoms with Gasteiger partial charge in [0.15, 0.2) is 0 Å². The van der Waals surface area contributed by atoms with Crippen LogP contribution in [0.3, 0.4) is 0 Å². The van der Waals surface area contributed by atoms with Crippen LogP contribution < -0.4 is 5.32 Å². The Kier molecular flexibility index (Phi) is 5.08. The number of hydrogen-bond acceptors (Lipinski definition) is 3. The van der Waals surface area contributed by atoms with Gasteiger partial charge in [0.05, 0.1) is 18.2 Å². The van der Waals surface area contributed by atoms with Gasteiger partial charge in [-0.2, -0.15) is 13.2 Å². The average Bonchev–Trinajstić information content (AvgIpc) is 2.33. The number of ether oxygens (including phenoxy) is 1. The van der Waals surface area contributed by atoms with Gasteiger partial charge in [0, 0.05) is 11.6 Å². The molecule has 1 aromatic carbocycles. The van der Waals surface area contributed by atoms with Gasteiger partial charge in [0.2, 0.25) is 5.79 Å². The van der Waals surface area contributed by atoms with E-state index in [2.05, 4.69) is 5.32 Å². The van der Waals surface area contributed by atoms with Gasteiger partial charge in [0.1, 0.15) is 0 Å². The molecule has 1 heterocycles. The summed E-state index contributed by atoms with van der Waals surface area (Å²) in [6, 6.07) is 4.14. The number of benzene rings is 1. The van der Waals surface area contributed by atoms with Crippen molar-refractivity contribution in [1.82, 2.24) is 5.32 Å². The third-order valence-corrected chi connectivity index (χ3v) is 3.28. The van der Waals surface area contributed by atoms with Gasteiger partial charge in [-0.25, -0.2) is 0 Å². The highest BCUT2D eigenvalue weighted by atomic mass is 35.5. The van der Waals surface area contributed by atoms with Crippen LogP contribution in [-0.2, 0) is 16.7 Å². The summed E-state index contributed by atoms with van der Waals surface area (Å²) in [6.45, 7) is 3.79. The largest absolute Gasteiger partial charge is 0.416 e. The zero-order valence-electron chi connectivity index (χ0n) is 11.1.